The average molecular weight is 367 g/mol. The number of benzene rings is 2. The summed E-state index contributed by atoms with van der Waals surface area (Å²) in [6.07, 6.45) is 0.831. The Morgan fingerprint density at radius 1 is 1.20 bits per heavy atom. The van der Waals surface area contributed by atoms with Crippen LogP contribution in [-0.2, 0) is 6.42 Å². The molecular weight excluding hydrogens is 354 g/mol. The molecule has 1 atom stereocenters. The van der Waals surface area contributed by atoms with Crippen LogP contribution in [0.5, 0.6) is 0 Å². The van der Waals surface area contributed by atoms with E-state index in [1.807, 2.05) is 18.2 Å². The van der Waals surface area contributed by atoms with Gasteiger partial charge in [0.05, 0.1) is 5.02 Å². The van der Waals surface area contributed by atoms with Crippen molar-refractivity contribution in [1.29, 1.82) is 0 Å². The molecule has 102 valence electrons. The van der Waals surface area contributed by atoms with Crippen molar-refractivity contribution < 1.29 is 0 Å². The molecule has 2 N–H and O–H groups in total. The molecule has 0 saturated carbocycles. The van der Waals surface area contributed by atoms with Crippen molar-refractivity contribution in [1.82, 2.24) is 0 Å². The van der Waals surface area contributed by atoms with Gasteiger partial charge in [0, 0.05) is 15.2 Å². The van der Waals surface area contributed by atoms with Gasteiger partial charge in [-0.2, -0.15) is 0 Å². The van der Waals surface area contributed by atoms with Gasteiger partial charge in [0.25, 0.3) is 0 Å². The Hall–Kier alpha value is -0.870. The third kappa shape index (κ3) is 2.77. The highest BCUT2D eigenvalue weighted by Gasteiger charge is 2.12. The van der Waals surface area contributed by atoms with Crippen molar-refractivity contribution >= 4 is 49.0 Å². The molecule has 0 spiro atoms. The summed E-state index contributed by atoms with van der Waals surface area (Å²) < 4.78 is 2.20. The fourth-order valence-corrected chi connectivity index (χ4v) is 3.78. The van der Waals surface area contributed by atoms with Crippen molar-refractivity contribution in [3.8, 4) is 0 Å². The largest absolute Gasteiger partial charge is 0.324 e. The van der Waals surface area contributed by atoms with E-state index in [1.165, 1.54) is 15.6 Å². The minimum Gasteiger partial charge on any atom is -0.324 e. The number of halogens is 2. The summed E-state index contributed by atoms with van der Waals surface area (Å²) in [6.45, 7) is 0. The van der Waals surface area contributed by atoms with E-state index in [0.29, 0.717) is 5.02 Å². The number of nitrogens with two attached hydrogens (primary N) is 1. The summed E-state index contributed by atoms with van der Waals surface area (Å²) in [5.41, 5.74) is 8.74. The average Bonchev–Trinajstić information content (AvgIpc) is 2.85. The molecule has 20 heavy (non-hydrogen) atoms. The molecule has 0 aliphatic heterocycles. The molecule has 1 nitrogen and oxygen atoms in total. The molecule has 3 aromatic rings. The molecule has 4 heteroatoms. The molecule has 3 rings (SSSR count). The molecule has 1 unspecified atom stereocenters. The maximum Gasteiger partial charge on any atom is 0.0548 e. The molecule has 0 radical (unpaired) electrons. The van der Waals surface area contributed by atoms with Crippen LogP contribution in [0.25, 0.3) is 10.1 Å². The molecule has 0 saturated heterocycles. The number of fused-ring (bicyclic) bond motifs is 1. The number of hydrogen-bond donors (Lipinski definition) is 1. The van der Waals surface area contributed by atoms with Gasteiger partial charge in [0.15, 0.2) is 0 Å². The number of rotatable bonds is 3. The van der Waals surface area contributed by atoms with Gasteiger partial charge in [0.2, 0.25) is 0 Å². The van der Waals surface area contributed by atoms with E-state index in [9.17, 15) is 0 Å². The highest BCUT2D eigenvalue weighted by molar-refractivity contribution is 9.10. The predicted molar refractivity (Wildman–Crippen MR) is 91.6 cm³/mol. The second-order valence-corrected chi connectivity index (χ2v) is 6.91. The van der Waals surface area contributed by atoms with Crippen LogP contribution in [0.2, 0.25) is 5.02 Å². The third-order valence-corrected chi connectivity index (χ3v) is 5.60. The van der Waals surface area contributed by atoms with Crippen molar-refractivity contribution in [2.75, 3.05) is 0 Å². The summed E-state index contributed by atoms with van der Waals surface area (Å²) in [5, 5.41) is 4.22. The molecule has 1 heterocycles. The lowest BCUT2D eigenvalue weighted by atomic mass is 9.99. The fourth-order valence-electron chi connectivity index (χ4n) is 2.29. The second kappa shape index (κ2) is 5.86. The van der Waals surface area contributed by atoms with E-state index < -0.39 is 0 Å². The number of hydrogen-bond acceptors (Lipinski definition) is 2. The molecule has 0 aliphatic carbocycles. The van der Waals surface area contributed by atoms with E-state index >= 15 is 0 Å². The van der Waals surface area contributed by atoms with E-state index in [2.05, 4.69) is 45.6 Å². The Balaban J connectivity index is 1.88. The van der Waals surface area contributed by atoms with E-state index in [0.717, 1.165) is 16.5 Å². The van der Waals surface area contributed by atoms with Crippen molar-refractivity contribution in [3.63, 3.8) is 0 Å². The van der Waals surface area contributed by atoms with Crippen molar-refractivity contribution in [3.05, 3.63) is 68.5 Å². The zero-order valence-electron chi connectivity index (χ0n) is 10.6. The molecule has 2 aromatic carbocycles. The van der Waals surface area contributed by atoms with Crippen LogP contribution in [0.15, 0.2) is 52.3 Å². The first-order valence-corrected chi connectivity index (χ1v) is 8.36. The predicted octanol–water partition coefficient (Wildman–Crippen LogP) is 5.56. The Bertz CT molecular complexity index is 753. The molecule has 0 aliphatic rings. The third-order valence-electron chi connectivity index (χ3n) is 3.37. The van der Waals surface area contributed by atoms with Gasteiger partial charge in [-0.3, -0.25) is 0 Å². The quantitative estimate of drug-likeness (QED) is 0.645. The Labute approximate surface area is 135 Å². The lowest BCUT2D eigenvalue weighted by Gasteiger charge is -2.12. The van der Waals surface area contributed by atoms with Crippen LogP contribution in [0.3, 0.4) is 0 Å². The van der Waals surface area contributed by atoms with E-state index in [4.69, 9.17) is 17.3 Å². The van der Waals surface area contributed by atoms with Crippen LogP contribution < -0.4 is 5.73 Å². The van der Waals surface area contributed by atoms with Crippen LogP contribution in [0.4, 0.5) is 0 Å². The van der Waals surface area contributed by atoms with Gasteiger partial charge in [0.1, 0.15) is 0 Å². The van der Waals surface area contributed by atoms with E-state index in [1.54, 1.807) is 11.3 Å². The fraction of sp³-hybridized carbons (Fsp3) is 0.125. The lowest BCUT2D eigenvalue weighted by Crippen LogP contribution is -2.13. The van der Waals surface area contributed by atoms with Crippen LogP contribution >= 0.6 is 38.9 Å². The topological polar surface area (TPSA) is 26.0 Å². The van der Waals surface area contributed by atoms with Gasteiger partial charge in [-0.15, -0.1) is 11.3 Å². The second-order valence-electron chi connectivity index (χ2n) is 4.74. The zero-order chi connectivity index (χ0) is 14.1. The highest BCUT2D eigenvalue weighted by Crippen LogP contribution is 2.30. The first-order chi connectivity index (χ1) is 9.65. The summed E-state index contributed by atoms with van der Waals surface area (Å²) in [5.74, 6) is 0. The van der Waals surface area contributed by atoms with Gasteiger partial charge in [-0.25, -0.2) is 0 Å². The maximum atomic E-state index is 6.34. The summed E-state index contributed by atoms with van der Waals surface area (Å²) >= 11 is 11.2. The highest BCUT2D eigenvalue weighted by atomic mass is 79.9. The van der Waals surface area contributed by atoms with Gasteiger partial charge < -0.3 is 5.73 Å². The van der Waals surface area contributed by atoms with Gasteiger partial charge >= 0.3 is 0 Å². The normalized spacial score (nSPS) is 12.8. The maximum absolute atomic E-state index is 6.34. The molecule has 0 fully saturated rings. The van der Waals surface area contributed by atoms with Crippen LogP contribution in [0.1, 0.15) is 17.2 Å². The minimum atomic E-state index is -0.0263. The Morgan fingerprint density at radius 3 is 2.80 bits per heavy atom. The van der Waals surface area contributed by atoms with E-state index in [-0.39, 0.29) is 6.04 Å². The molecule has 0 amide bonds. The summed E-state index contributed by atoms with van der Waals surface area (Å²) in [6, 6.07) is 14.3. The summed E-state index contributed by atoms with van der Waals surface area (Å²) in [7, 11) is 0. The SMILES string of the molecule is NC(Cc1csc2ccccc12)c1ccc(Cl)c(Br)c1. The monoisotopic (exact) mass is 365 g/mol. The standard InChI is InChI=1S/C16H13BrClNS/c17-13-7-10(5-6-14(13)18)15(19)8-11-9-20-16-4-2-1-3-12(11)16/h1-7,9,15H,8,19H2. The van der Waals surface area contributed by atoms with Gasteiger partial charge in [-0.1, -0.05) is 35.9 Å². The van der Waals surface area contributed by atoms with Gasteiger partial charge in [-0.05, 0) is 62.4 Å². The smallest absolute Gasteiger partial charge is 0.0548 e. The minimum absolute atomic E-state index is 0.0263. The van der Waals surface area contributed by atoms with Crippen LogP contribution in [-0.4, -0.2) is 0 Å². The zero-order valence-corrected chi connectivity index (χ0v) is 13.8. The molecule has 1 aromatic heterocycles. The molecular formula is C16H13BrClNS. The Morgan fingerprint density at radius 2 is 2.00 bits per heavy atom. The molecule has 0 bridgehead atoms. The van der Waals surface area contributed by atoms with Crippen molar-refractivity contribution in [2.24, 2.45) is 5.73 Å². The number of thiophene rings is 1. The first-order valence-electron chi connectivity index (χ1n) is 6.31. The van der Waals surface area contributed by atoms with Crippen molar-refractivity contribution in [2.45, 2.75) is 12.5 Å². The summed E-state index contributed by atoms with van der Waals surface area (Å²) in [4.78, 5) is 0. The van der Waals surface area contributed by atoms with Crippen LogP contribution in [0, 0.1) is 0 Å². The first kappa shape index (κ1) is 14.1. The Kier molecular flexibility index (Phi) is 4.13. The lowest BCUT2D eigenvalue weighted by molar-refractivity contribution is 0.726.